The van der Waals surface area contributed by atoms with Crippen LogP contribution in [-0.2, 0) is 0 Å². The van der Waals surface area contributed by atoms with Crippen molar-refractivity contribution in [2.45, 2.75) is 38.6 Å². The summed E-state index contributed by atoms with van der Waals surface area (Å²) >= 11 is 0. The van der Waals surface area contributed by atoms with Gasteiger partial charge in [0, 0.05) is 12.6 Å². The summed E-state index contributed by atoms with van der Waals surface area (Å²) in [5, 5.41) is 3.59. The maximum Gasteiger partial charge on any atom is 0.119 e. The number of benzene rings is 1. The van der Waals surface area contributed by atoms with Crippen LogP contribution in [0.15, 0.2) is 24.3 Å². The van der Waals surface area contributed by atoms with Gasteiger partial charge in [0.25, 0.3) is 0 Å². The van der Waals surface area contributed by atoms with Crippen LogP contribution in [-0.4, -0.2) is 26.3 Å². The van der Waals surface area contributed by atoms with E-state index in [0.717, 1.165) is 30.6 Å². The molecule has 1 fully saturated rings. The number of nitrogens with one attached hydrogen (secondary N) is 1. The molecule has 0 heterocycles. The van der Waals surface area contributed by atoms with Gasteiger partial charge in [-0.25, -0.2) is 0 Å². The Hall–Kier alpha value is -1.22. The fourth-order valence-electron chi connectivity index (χ4n) is 2.57. The van der Waals surface area contributed by atoms with Gasteiger partial charge in [-0.1, -0.05) is 6.92 Å². The van der Waals surface area contributed by atoms with Crippen molar-refractivity contribution in [1.29, 1.82) is 0 Å². The fraction of sp³-hybridized carbons (Fsp3) is 0.625. The molecule has 2 rings (SSSR count). The normalized spacial score (nSPS) is 23.1. The highest BCUT2D eigenvalue weighted by atomic mass is 16.5. The molecule has 1 saturated carbocycles. The van der Waals surface area contributed by atoms with E-state index in [1.54, 1.807) is 7.11 Å². The smallest absolute Gasteiger partial charge is 0.119 e. The highest BCUT2D eigenvalue weighted by Crippen LogP contribution is 2.23. The van der Waals surface area contributed by atoms with Gasteiger partial charge in [-0.15, -0.1) is 0 Å². The molecule has 1 N–H and O–H groups in total. The summed E-state index contributed by atoms with van der Waals surface area (Å²) in [7, 11) is 1.67. The van der Waals surface area contributed by atoms with Crippen molar-refractivity contribution < 1.29 is 9.47 Å². The molecule has 0 aromatic heterocycles. The Balaban J connectivity index is 1.61. The molecule has 1 aliphatic rings. The molecule has 3 nitrogen and oxygen atoms in total. The second-order valence-corrected chi connectivity index (χ2v) is 5.43. The molecule has 0 saturated heterocycles. The summed E-state index contributed by atoms with van der Waals surface area (Å²) in [5.41, 5.74) is 0. The number of rotatable bonds is 6. The van der Waals surface area contributed by atoms with E-state index in [1.807, 2.05) is 24.3 Å². The fourth-order valence-corrected chi connectivity index (χ4v) is 2.57. The van der Waals surface area contributed by atoms with E-state index < -0.39 is 0 Å². The molecule has 0 aliphatic heterocycles. The highest BCUT2D eigenvalue weighted by molar-refractivity contribution is 5.31. The van der Waals surface area contributed by atoms with Gasteiger partial charge < -0.3 is 14.8 Å². The van der Waals surface area contributed by atoms with Gasteiger partial charge in [0.05, 0.1) is 7.11 Å². The maximum absolute atomic E-state index is 5.70. The van der Waals surface area contributed by atoms with E-state index in [2.05, 4.69) is 12.2 Å². The second-order valence-electron chi connectivity index (χ2n) is 5.43. The van der Waals surface area contributed by atoms with Crippen molar-refractivity contribution >= 4 is 0 Å². The van der Waals surface area contributed by atoms with Crippen molar-refractivity contribution in [3.8, 4) is 11.5 Å². The van der Waals surface area contributed by atoms with E-state index in [0.29, 0.717) is 6.04 Å². The summed E-state index contributed by atoms with van der Waals surface area (Å²) in [4.78, 5) is 0. The molecule has 0 unspecified atom stereocenters. The van der Waals surface area contributed by atoms with Crippen molar-refractivity contribution in [1.82, 2.24) is 5.32 Å². The van der Waals surface area contributed by atoms with E-state index in [4.69, 9.17) is 9.47 Å². The molecular weight excluding hydrogens is 238 g/mol. The van der Waals surface area contributed by atoms with Crippen LogP contribution in [0.1, 0.15) is 32.6 Å². The summed E-state index contributed by atoms with van der Waals surface area (Å²) in [6.45, 7) is 3.99. The first-order valence-corrected chi connectivity index (χ1v) is 7.28. The third-order valence-electron chi connectivity index (χ3n) is 3.88. The van der Waals surface area contributed by atoms with Gasteiger partial charge in [0.2, 0.25) is 0 Å². The first-order chi connectivity index (χ1) is 9.28. The van der Waals surface area contributed by atoms with Crippen LogP contribution in [0.2, 0.25) is 0 Å². The van der Waals surface area contributed by atoms with Crippen molar-refractivity contribution in [2.75, 3.05) is 20.3 Å². The van der Waals surface area contributed by atoms with Gasteiger partial charge in [-0.3, -0.25) is 0 Å². The SMILES string of the molecule is COc1ccc(OCCNC2CCC(C)CC2)cc1. The van der Waals surface area contributed by atoms with Gasteiger partial charge in [0.15, 0.2) is 0 Å². The molecule has 19 heavy (non-hydrogen) atoms. The second kappa shape index (κ2) is 7.39. The van der Waals surface area contributed by atoms with E-state index in [9.17, 15) is 0 Å². The number of methoxy groups -OCH3 is 1. The lowest BCUT2D eigenvalue weighted by molar-refractivity contribution is 0.270. The average molecular weight is 263 g/mol. The zero-order valence-corrected chi connectivity index (χ0v) is 12.0. The molecule has 0 amide bonds. The zero-order chi connectivity index (χ0) is 13.5. The summed E-state index contributed by atoms with van der Waals surface area (Å²) in [6, 6.07) is 8.43. The Kier molecular flexibility index (Phi) is 5.52. The van der Waals surface area contributed by atoms with Crippen LogP contribution in [0.25, 0.3) is 0 Å². The Bertz CT molecular complexity index is 356. The largest absolute Gasteiger partial charge is 0.497 e. The van der Waals surface area contributed by atoms with Crippen LogP contribution < -0.4 is 14.8 Å². The monoisotopic (exact) mass is 263 g/mol. The first-order valence-electron chi connectivity index (χ1n) is 7.28. The van der Waals surface area contributed by atoms with E-state index in [-0.39, 0.29) is 0 Å². The lowest BCUT2D eigenvalue weighted by atomic mass is 9.87. The van der Waals surface area contributed by atoms with Crippen molar-refractivity contribution in [2.24, 2.45) is 5.92 Å². The average Bonchev–Trinajstić information content (AvgIpc) is 2.46. The van der Waals surface area contributed by atoms with Crippen LogP contribution in [0.5, 0.6) is 11.5 Å². The third-order valence-corrected chi connectivity index (χ3v) is 3.88. The minimum Gasteiger partial charge on any atom is -0.497 e. The summed E-state index contributed by atoms with van der Waals surface area (Å²) < 4.78 is 10.8. The van der Waals surface area contributed by atoms with Crippen LogP contribution in [0.3, 0.4) is 0 Å². The molecule has 0 bridgehead atoms. The van der Waals surface area contributed by atoms with E-state index in [1.165, 1.54) is 25.7 Å². The van der Waals surface area contributed by atoms with Crippen molar-refractivity contribution in [3.05, 3.63) is 24.3 Å². The number of ether oxygens (including phenoxy) is 2. The molecule has 106 valence electrons. The maximum atomic E-state index is 5.70. The topological polar surface area (TPSA) is 30.5 Å². The molecule has 1 aromatic rings. The van der Waals surface area contributed by atoms with Crippen LogP contribution in [0, 0.1) is 5.92 Å². The molecule has 3 heteroatoms. The Morgan fingerprint density at radius 3 is 2.32 bits per heavy atom. The molecule has 1 aromatic carbocycles. The van der Waals surface area contributed by atoms with Crippen LogP contribution >= 0.6 is 0 Å². The lowest BCUT2D eigenvalue weighted by Crippen LogP contribution is -2.35. The van der Waals surface area contributed by atoms with Crippen LogP contribution in [0.4, 0.5) is 0 Å². The van der Waals surface area contributed by atoms with E-state index >= 15 is 0 Å². The highest BCUT2D eigenvalue weighted by Gasteiger charge is 2.17. The lowest BCUT2D eigenvalue weighted by Gasteiger charge is -2.27. The number of hydrogen-bond acceptors (Lipinski definition) is 3. The van der Waals surface area contributed by atoms with Gasteiger partial charge in [-0.2, -0.15) is 0 Å². The zero-order valence-electron chi connectivity index (χ0n) is 12.0. The summed E-state index contributed by atoms with van der Waals surface area (Å²) in [6.07, 6.45) is 5.33. The standard InChI is InChI=1S/C16H25NO2/c1-13-3-5-14(6-4-13)17-11-12-19-16-9-7-15(18-2)8-10-16/h7-10,13-14,17H,3-6,11-12H2,1-2H3. The molecule has 1 aliphatic carbocycles. The predicted molar refractivity (Wildman–Crippen MR) is 77.9 cm³/mol. The Labute approximate surface area is 116 Å². The number of hydrogen-bond donors (Lipinski definition) is 1. The first kappa shape index (κ1) is 14.2. The molecule has 0 spiro atoms. The third kappa shape index (κ3) is 4.75. The summed E-state index contributed by atoms with van der Waals surface area (Å²) in [5.74, 6) is 2.68. The Morgan fingerprint density at radius 1 is 1.05 bits per heavy atom. The van der Waals surface area contributed by atoms with Gasteiger partial charge in [0.1, 0.15) is 18.1 Å². The van der Waals surface area contributed by atoms with Gasteiger partial charge >= 0.3 is 0 Å². The minimum atomic E-state index is 0.690. The van der Waals surface area contributed by atoms with Crippen molar-refractivity contribution in [3.63, 3.8) is 0 Å². The Morgan fingerprint density at radius 2 is 1.68 bits per heavy atom. The molecule has 0 radical (unpaired) electrons. The molecular formula is C16H25NO2. The minimum absolute atomic E-state index is 0.690. The quantitative estimate of drug-likeness (QED) is 0.799. The predicted octanol–water partition coefficient (Wildman–Crippen LogP) is 3.24. The molecule has 0 atom stereocenters. The van der Waals surface area contributed by atoms with Gasteiger partial charge in [-0.05, 0) is 55.9 Å².